The molecular formula is C27H31ClN4O4. The second-order valence-corrected chi connectivity index (χ2v) is 9.49. The number of rotatable bonds is 10. The average molecular weight is 511 g/mol. The minimum absolute atomic E-state index is 0.00737. The first-order chi connectivity index (χ1) is 17.4. The van der Waals surface area contributed by atoms with Gasteiger partial charge in [0.25, 0.3) is 0 Å². The SMILES string of the molecule is CN(Cc1ccccc1)C(=O)C[C@@]1(COc2ccc(Cl)cc2)CN(C(=O)CCn2ccnc2)CCO1. The second-order valence-electron chi connectivity index (χ2n) is 9.05. The Bertz CT molecular complexity index is 1120. The van der Waals surface area contributed by atoms with Gasteiger partial charge in [0, 0.05) is 50.5 Å². The number of nitrogens with zero attached hydrogens (tertiary/aromatic N) is 4. The van der Waals surface area contributed by atoms with Gasteiger partial charge in [-0.05, 0) is 29.8 Å². The number of benzene rings is 2. The Labute approximate surface area is 216 Å². The number of aromatic nitrogens is 2. The molecule has 0 aliphatic carbocycles. The van der Waals surface area contributed by atoms with Gasteiger partial charge >= 0.3 is 0 Å². The molecule has 36 heavy (non-hydrogen) atoms. The van der Waals surface area contributed by atoms with E-state index in [0.717, 1.165) is 5.56 Å². The van der Waals surface area contributed by atoms with Crippen LogP contribution in [0.5, 0.6) is 5.75 Å². The summed E-state index contributed by atoms with van der Waals surface area (Å²) in [5.74, 6) is 0.551. The number of morpholine rings is 1. The Kier molecular flexibility index (Phi) is 8.61. The molecular weight excluding hydrogens is 480 g/mol. The third-order valence-electron chi connectivity index (χ3n) is 6.22. The lowest BCUT2D eigenvalue weighted by Crippen LogP contribution is -2.58. The normalized spacial score (nSPS) is 17.6. The van der Waals surface area contributed by atoms with Crippen molar-refractivity contribution in [1.82, 2.24) is 19.4 Å². The fourth-order valence-corrected chi connectivity index (χ4v) is 4.33. The summed E-state index contributed by atoms with van der Waals surface area (Å²) in [4.78, 5) is 33.8. The third kappa shape index (κ3) is 7.08. The number of amides is 2. The molecule has 2 aromatic carbocycles. The topological polar surface area (TPSA) is 76.9 Å². The van der Waals surface area contributed by atoms with Gasteiger partial charge in [0.1, 0.15) is 18.0 Å². The first kappa shape index (κ1) is 25.7. The van der Waals surface area contributed by atoms with Gasteiger partial charge in [-0.1, -0.05) is 41.9 Å². The van der Waals surface area contributed by atoms with Crippen molar-refractivity contribution in [3.05, 3.63) is 83.9 Å². The number of ether oxygens (including phenoxy) is 2. The highest BCUT2D eigenvalue weighted by atomic mass is 35.5. The molecule has 0 spiro atoms. The minimum atomic E-state index is -0.968. The van der Waals surface area contributed by atoms with E-state index in [1.165, 1.54) is 0 Å². The van der Waals surface area contributed by atoms with Crippen molar-refractivity contribution in [2.75, 3.05) is 33.4 Å². The minimum Gasteiger partial charge on any atom is -0.490 e. The molecule has 1 atom stereocenters. The molecule has 0 N–H and O–H groups in total. The molecule has 1 aliphatic rings. The molecule has 4 rings (SSSR count). The molecule has 1 aliphatic heterocycles. The van der Waals surface area contributed by atoms with Crippen LogP contribution >= 0.6 is 11.6 Å². The molecule has 1 fully saturated rings. The number of carbonyl (C=O) groups is 2. The van der Waals surface area contributed by atoms with Crippen molar-refractivity contribution >= 4 is 23.4 Å². The standard InChI is InChI=1S/C27H31ClN4O4/c1-30(18-22-5-3-2-4-6-22)26(34)17-27(20-35-24-9-7-23(28)8-10-24)19-32(15-16-36-27)25(33)11-13-31-14-12-29-21-31/h2-10,12,14,21H,11,13,15-20H2,1H3/t27-/m0/s1. The fourth-order valence-electron chi connectivity index (χ4n) is 4.21. The predicted octanol–water partition coefficient (Wildman–Crippen LogP) is 3.65. The smallest absolute Gasteiger partial charge is 0.225 e. The van der Waals surface area contributed by atoms with Crippen LogP contribution in [0.15, 0.2) is 73.3 Å². The molecule has 0 bridgehead atoms. The number of hydrogen-bond donors (Lipinski definition) is 0. The van der Waals surface area contributed by atoms with Gasteiger partial charge in [-0.2, -0.15) is 0 Å². The number of imidazole rings is 1. The van der Waals surface area contributed by atoms with Crippen LogP contribution in [0.25, 0.3) is 0 Å². The van der Waals surface area contributed by atoms with Crippen LogP contribution in [0.3, 0.4) is 0 Å². The van der Waals surface area contributed by atoms with Crippen molar-refractivity contribution in [2.45, 2.75) is 31.5 Å². The molecule has 8 nitrogen and oxygen atoms in total. The molecule has 2 amide bonds. The summed E-state index contributed by atoms with van der Waals surface area (Å²) >= 11 is 6.00. The van der Waals surface area contributed by atoms with Gasteiger partial charge in [-0.15, -0.1) is 0 Å². The average Bonchev–Trinajstić information content (AvgIpc) is 3.41. The maximum absolute atomic E-state index is 13.3. The zero-order chi connectivity index (χ0) is 25.4. The largest absolute Gasteiger partial charge is 0.490 e. The Hall–Kier alpha value is -3.36. The lowest BCUT2D eigenvalue weighted by Gasteiger charge is -2.42. The van der Waals surface area contributed by atoms with Crippen molar-refractivity contribution in [3.8, 4) is 5.75 Å². The molecule has 1 aromatic heterocycles. The Morgan fingerprint density at radius 2 is 1.94 bits per heavy atom. The summed E-state index contributed by atoms with van der Waals surface area (Å²) in [6.45, 7) is 2.24. The van der Waals surface area contributed by atoms with Crippen LogP contribution in [0, 0.1) is 0 Å². The molecule has 190 valence electrons. The van der Waals surface area contributed by atoms with Crippen LogP contribution < -0.4 is 4.74 Å². The highest BCUT2D eigenvalue weighted by Crippen LogP contribution is 2.26. The van der Waals surface area contributed by atoms with E-state index in [4.69, 9.17) is 21.1 Å². The summed E-state index contributed by atoms with van der Waals surface area (Å²) < 4.78 is 14.1. The summed E-state index contributed by atoms with van der Waals surface area (Å²) in [5, 5.41) is 0.610. The molecule has 9 heteroatoms. The van der Waals surface area contributed by atoms with E-state index in [2.05, 4.69) is 4.98 Å². The van der Waals surface area contributed by atoms with Crippen molar-refractivity contribution in [2.24, 2.45) is 0 Å². The lowest BCUT2D eigenvalue weighted by atomic mass is 9.96. The van der Waals surface area contributed by atoms with Gasteiger partial charge in [-0.3, -0.25) is 9.59 Å². The van der Waals surface area contributed by atoms with Crippen molar-refractivity contribution in [1.29, 1.82) is 0 Å². The van der Waals surface area contributed by atoms with Crippen molar-refractivity contribution < 1.29 is 19.1 Å². The van der Waals surface area contributed by atoms with Crippen LogP contribution in [0.4, 0.5) is 0 Å². The molecule has 0 saturated carbocycles. The van der Waals surface area contributed by atoms with E-state index < -0.39 is 5.60 Å². The number of hydrogen-bond acceptors (Lipinski definition) is 5. The van der Waals surface area contributed by atoms with Crippen molar-refractivity contribution in [3.63, 3.8) is 0 Å². The Morgan fingerprint density at radius 1 is 1.17 bits per heavy atom. The zero-order valence-electron chi connectivity index (χ0n) is 20.4. The van der Waals surface area contributed by atoms with E-state index in [9.17, 15) is 9.59 Å². The summed E-state index contributed by atoms with van der Waals surface area (Å²) in [6.07, 6.45) is 5.65. The number of halogens is 1. The fraction of sp³-hybridized carbons (Fsp3) is 0.370. The summed E-state index contributed by atoms with van der Waals surface area (Å²) in [5.41, 5.74) is 0.0746. The second kappa shape index (κ2) is 12.1. The molecule has 0 radical (unpaired) electrons. The zero-order valence-corrected chi connectivity index (χ0v) is 21.1. The van der Waals surface area contributed by atoms with Crippen LogP contribution in [-0.2, 0) is 27.4 Å². The lowest BCUT2D eigenvalue weighted by molar-refractivity contribution is -0.165. The van der Waals surface area contributed by atoms with E-state index in [0.29, 0.717) is 43.4 Å². The van der Waals surface area contributed by atoms with E-state index in [-0.39, 0.29) is 31.4 Å². The first-order valence-electron chi connectivity index (χ1n) is 12.0. The van der Waals surface area contributed by atoms with Gasteiger partial charge in [-0.25, -0.2) is 4.98 Å². The van der Waals surface area contributed by atoms with Crippen LogP contribution in [0.1, 0.15) is 18.4 Å². The van der Waals surface area contributed by atoms with Gasteiger partial charge < -0.3 is 23.8 Å². The van der Waals surface area contributed by atoms with Crippen LogP contribution in [0.2, 0.25) is 5.02 Å². The summed E-state index contributed by atoms with van der Waals surface area (Å²) in [7, 11) is 1.78. The molecule has 2 heterocycles. The summed E-state index contributed by atoms with van der Waals surface area (Å²) in [6, 6.07) is 16.9. The maximum atomic E-state index is 13.3. The van der Waals surface area contributed by atoms with Gasteiger partial charge in [0.2, 0.25) is 11.8 Å². The van der Waals surface area contributed by atoms with E-state index in [1.54, 1.807) is 53.6 Å². The quantitative estimate of drug-likeness (QED) is 0.416. The van der Waals surface area contributed by atoms with Crippen LogP contribution in [-0.4, -0.2) is 70.1 Å². The maximum Gasteiger partial charge on any atom is 0.225 e. The first-order valence-corrected chi connectivity index (χ1v) is 12.3. The monoisotopic (exact) mass is 510 g/mol. The van der Waals surface area contributed by atoms with Gasteiger partial charge in [0.05, 0.1) is 25.9 Å². The molecule has 0 unspecified atom stereocenters. The predicted molar refractivity (Wildman–Crippen MR) is 137 cm³/mol. The Morgan fingerprint density at radius 3 is 2.67 bits per heavy atom. The number of carbonyl (C=O) groups excluding carboxylic acids is 2. The Balaban J connectivity index is 1.45. The number of aryl methyl sites for hydroxylation is 1. The van der Waals surface area contributed by atoms with E-state index in [1.807, 2.05) is 41.1 Å². The molecule has 1 saturated heterocycles. The third-order valence-corrected chi connectivity index (χ3v) is 6.47. The van der Waals surface area contributed by atoms with E-state index >= 15 is 0 Å². The highest BCUT2D eigenvalue weighted by Gasteiger charge is 2.42. The molecule has 3 aromatic rings. The van der Waals surface area contributed by atoms with Gasteiger partial charge in [0.15, 0.2) is 0 Å². The highest BCUT2D eigenvalue weighted by molar-refractivity contribution is 6.30.